The maximum absolute atomic E-state index is 12.7. The molecule has 0 aliphatic carbocycles. The lowest BCUT2D eigenvalue weighted by molar-refractivity contribution is -0.0342. The topological polar surface area (TPSA) is 50.8 Å². The predicted molar refractivity (Wildman–Crippen MR) is 112 cm³/mol. The predicted octanol–water partition coefficient (Wildman–Crippen LogP) is 4.31. The molecule has 6 rings (SSSR count). The van der Waals surface area contributed by atoms with E-state index in [4.69, 9.17) is 9.47 Å². The number of piperidine rings is 3. The summed E-state index contributed by atoms with van der Waals surface area (Å²) >= 11 is 0. The molecule has 3 fully saturated rings. The van der Waals surface area contributed by atoms with Crippen molar-refractivity contribution in [1.82, 2.24) is 10.2 Å². The monoisotopic (exact) mass is 392 g/mol. The van der Waals surface area contributed by atoms with Crippen LogP contribution in [0.15, 0.2) is 42.5 Å². The summed E-state index contributed by atoms with van der Waals surface area (Å²) in [6.07, 6.45) is 2.74. The van der Waals surface area contributed by atoms with Gasteiger partial charge in [-0.15, -0.1) is 0 Å². The quantitative estimate of drug-likeness (QED) is 0.846. The second kappa shape index (κ2) is 7.71. The standard InChI is InChI=1S/C24H28N2O3/c1-16-2-4-17(5-3-16)19-6-7-22-20(14-19)21(10-13-28-22)25-24(27)29-23-15-26-11-8-18(23)9-12-26/h2-7,14,18,21,23H,8-13,15H2,1H3,(H,25,27)/t21?,23-/m1/s1. The molecule has 2 aromatic rings. The highest BCUT2D eigenvalue weighted by atomic mass is 16.6. The average molecular weight is 392 g/mol. The van der Waals surface area contributed by atoms with Gasteiger partial charge in [0.1, 0.15) is 11.9 Å². The first-order valence-corrected chi connectivity index (χ1v) is 10.7. The van der Waals surface area contributed by atoms with E-state index in [0.29, 0.717) is 12.5 Å². The lowest BCUT2D eigenvalue weighted by atomic mass is 9.86. The number of carbonyl (C=O) groups is 1. The number of alkyl carbamates (subject to hydrolysis) is 1. The summed E-state index contributed by atoms with van der Waals surface area (Å²) in [6.45, 7) is 5.84. The Morgan fingerprint density at radius 1 is 1.07 bits per heavy atom. The normalized spacial score (nSPS) is 27.6. The van der Waals surface area contributed by atoms with Crippen molar-refractivity contribution in [2.24, 2.45) is 5.92 Å². The molecule has 4 heterocycles. The number of benzene rings is 2. The van der Waals surface area contributed by atoms with Crippen molar-refractivity contribution in [3.63, 3.8) is 0 Å². The van der Waals surface area contributed by atoms with Crippen molar-refractivity contribution in [3.8, 4) is 16.9 Å². The van der Waals surface area contributed by atoms with Gasteiger partial charge in [-0.1, -0.05) is 35.9 Å². The van der Waals surface area contributed by atoms with Gasteiger partial charge in [0, 0.05) is 18.5 Å². The largest absolute Gasteiger partial charge is 0.493 e. The van der Waals surface area contributed by atoms with E-state index in [9.17, 15) is 4.79 Å². The summed E-state index contributed by atoms with van der Waals surface area (Å²) in [7, 11) is 0. The van der Waals surface area contributed by atoms with Gasteiger partial charge in [-0.2, -0.15) is 0 Å². The van der Waals surface area contributed by atoms with Gasteiger partial charge in [-0.3, -0.25) is 4.90 Å². The lowest BCUT2D eigenvalue weighted by Crippen LogP contribution is -2.52. The molecule has 2 bridgehead atoms. The molecule has 4 aliphatic heterocycles. The van der Waals surface area contributed by atoms with Crippen LogP contribution >= 0.6 is 0 Å². The molecule has 0 saturated carbocycles. The van der Waals surface area contributed by atoms with Crippen molar-refractivity contribution in [2.45, 2.75) is 38.3 Å². The Bertz CT molecular complexity index is 887. The van der Waals surface area contributed by atoms with Gasteiger partial charge in [0.15, 0.2) is 0 Å². The molecule has 5 nitrogen and oxygen atoms in total. The first-order valence-electron chi connectivity index (χ1n) is 10.7. The highest BCUT2D eigenvalue weighted by Gasteiger charge is 2.37. The van der Waals surface area contributed by atoms with Crippen LogP contribution in [0, 0.1) is 12.8 Å². The molecule has 5 heteroatoms. The van der Waals surface area contributed by atoms with Gasteiger partial charge >= 0.3 is 6.09 Å². The van der Waals surface area contributed by atoms with Crippen LogP contribution < -0.4 is 10.1 Å². The highest BCUT2D eigenvalue weighted by Crippen LogP contribution is 2.36. The van der Waals surface area contributed by atoms with Gasteiger partial charge in [-0.05, 0) is 62.0 Å². The van der Waals surface area contributed by atoms with E-state index in [0.717, 1.165) is 61.3 Å². The van der Waals surface area contributed by atoms with E-state index in [1.165, 1.54) is 5.56 Å². The van der Waals surface area contributed by atoms with E-state index < -0.39 is 0 Å². The average Bonchev–Trinajstić information content (AvgIpc) is 2.75. The SMILES string of the molecule is Cc1ccc(-c2ccc3c(c2)C(NC(=O)O[C@@H]2CN4CCC2CC4)CCO3)cc1. The molecule has 29 heavy (non-hydrogen) atoms. The molecule has 2 atom stereocenters. The third-order valence-corrected chi connectivity index (χ3v) is 6.58. The number of hydrogen-bond acceptors (Lipinski definition) is 4. The second-order valence-corrected chi connectivity index (χ2v) is 8.53. The summed E-state index contributed by atoms with van der Waals surface area (Å²) in [6, 6.07) is 14.6. The van der Waals surface area contributed by atoms with Crippen LogP contribution in [-0.4, -0.2) is 43.3 Å². The molecule has 1 unspecified atom stereocenters. The highest BCUT2D eigenvalue weighted by molar-refractivity contribution is 5.70. The summed E-state index contributed by atoms with van der Waals surface area (Å²) in [4.78, 5) is 15.1. The number of nitrogens with one attached hydrogen (secondary N) is 1. The molecule has 1 N–H and O–H groups in total. The Morgan fingerprint density at radius 2 is 1.83 bits per heavy atom. The number of ether oxygens (including phenoxy) is 2. The maximum Gasteiger partial charge on any atom is 0.407 e. The molecule has 1 amide bonds. The molecule has 152 valence electrons. The number of fused-ring (bicyclic) bond motifs is 4. The van der Waals surface area contributed by atoms with Crippen molar-refractivity contribution < 1.29 is 14.3 Å². The van der Waals surface area contributed by atoms with E-state index in [2.05, 4.69) is 53.5 Å². The fraction of sp³-hybridized carbons (Fsp3) is 0.458. The fourth-order valence-electron chi connectivity index (χ4n) is 4.83. The molecule has 3 saturated heterocycles. The molecular weight excluding hydrogens is 364 g/mol. The van der Waals surface area contributed by atoms with Crippen molar-refractivity contribution in [1.29, 1.82) is 0 Å². The molecular formula is C24H28N2O3. The van der Waals surface area contributed by atoms with Gasteiger partial charge in [-0.25, -0.2) is 4.79 Å². The summed E-state index contributed by atoms with van der Waals surface area (Å²) < 4.78 is 11.7. The Balaban J connectivity index is 1.31. The second-order valence-electron chi connectivity index (χ2n) is 8.53. The number of carbonyl (C=O) groups excluding carboxylic acids is 1. The minimum Gasteiger partial charge on any atom is -0.493 e. The van der Waals surface area contributed by atoms with Gasteiger partial charge in [0.05, 0.1) is 12.6 Å². The number of nitrogens with zero attached hydrogens (tertiary/aromatic N) is 1. The Hall–Kier alpha value is -2.53. The van der Waals surface area contributed by atoms with Crippen LogP contribution in [0.2, 0.25) is 0 Å². The molecule has 0 aromatic heterocycles. The maximum atomic E-state index is 12.7. The van der Waals surface area contributed by atoms with Crippen LogP contribution in [0.25, 0.3) is 11.1 Å². The van der Waals surface area contributed by atoms with Crippen LogP contribution in [-0.2, 0) is 4.74 Å². The number of hydrogen-bond donors (Lipinski definition) is 1. The molecule has 0 radical (unpaired) electrons. The van der Waals surface area contributed by atoms with Crippen molar-refractivity contribution in [2.75, 3.05) is 26.2 Å². The number of amides is 1. The third kappa shape index (κ3) is 3.84. The minimum absolute atomic E-state index is 0.0238. The van der Waals surface area contributed by atoms with Gasteiger partial charge < -0.3 is 14.8 Å². The molecule has 4 aliphatic rings. The first-order chi connectivity index (χ1) is 14.2. The first kappa shape index (κ1) is 18.5. The summed E-state index contributed by atoms with van der Waals surface area (Å²) in [5, 5.41) is 3.11. The number of aryl methyl sites for hydroxylation is 1. The Kier molecular flexibility index (Phi) is 4.92. The Labute approximate surface area is 172 Å². The van der Waals surface area contributed by atoms with Crippen molar-refractivity contribution >= 4 is 6.09 Å². The Morgan fingerprint density at radius 3 is 2.55 bits per heavy atom. The zero-order chi connectivity index (χ0) is 19.8. The smallest absolute Gasteiger partial charge is 0.407 e. The zero-order valence-corrected chi connectivity index (χ0v) is 16.9. The zero-order valence-electron chi connectivity index (χ0n) is 16.9. The lowest BCUT2D eigenvalue weighted by Gasteiger charge is -2.44. The van der Waals surface area contributed by atoms with Crippen molar-refractivity contribution in [3.05, 3.63) is 53.6 Å². The van der Waals surface area contributed by atoms with Crippen LogP contribution in [0.4, 0.5) is 4.79 Å². The van der Waals surface area contributed by atoms with Crippen LogP contribution in [0.1, 0.15) is 36.4 Å². The van der Waals surface area contributed by atoms with E-state index in [1.54, 1.807) is 0 Å². The third-order valence-electron chi connectivity index (χ3n) is 6.58. The molecule has 0 spiro atoms. The minimum atomic E-state index is -0.303. The van der Waals surface area contributed by atoms with E-state index in [-0.39, 0.29) is 18.2 Å². The number of rotatable bonds is 3. The molecule has 2 aromatic carbocycles. The van der Waals surface area contributed by atoms with E-state index >= 15 is 0 Å². The van der Waals surface area contributed by atoms with Gasteiger partial charge in [0.25, 0.3) is 0 Å². The van der Waals surface area contributed by atoms with Crippen LogP contribution in [0.3, 0.4) is 0 Å². The summed E-state index contributed by atoms with van der Waals surface area (Å²) in [5.41, 5.74) is 4.56. The van der Waals surface area contributed by atoms with Crippen LogP contribution in [0.5, 0.6) is 5.75 Å². The fourth-order valence-corrected chi connectivity index (χ4v) is 4.83. The van der Waals surface area contributed by atoms with Gasteiger partial charge in [0.2, 0.25) is 0 Å². The summed E-state index contributed by atoms with van der Waals surface area (Å²) in [5.74, 6) is 1.36. The van der Waals surface area contributed by atoms with E-state index in [1.807, 2.05) is 6.07 Å².